The first-order valence-corrected chi connectivity index (χ1v) is 24.7. The van der Waals surface area contributed by atoms with E-state index in [1.807, 2.05) is 60.7 Å². The first kappa shape index (κ1) is 48.2. The van der Waals surface area contributed by atoms with Crippen molar-refractivity contribution in [1.29, 1.82) is 0 Å². The number of carbonyl (C=O) groups excluding carboxylic acids is 2. The number of ether oxygens (including phenoxy) is 4. The van der Waals surface area contributed by atoms with Crippen LogP contribution in [0.15, 0.2) is 146 Å². The van der Waals surface area contributed by atoms with E-state index in [0.29, 0.717) is 34.0 Å². The Hall–Kier alpha value is -7.42. The molecule has 2 atom stereocenters. The Labute approximate surface area is 417 Å². The predicted molar refractivity (Wildman–Crippen MR) is 271 cm³/mol. The minimum Gasteiger partial charge on any atom is -0.481 e. The molecule has 0 radical (unpaired) electrons. The fraction of sp³-hybridized carbons (Fsp3) is 0.310. The summed E-state index contributed by atoms with van der Waals surface area (Å²) in [5.41, 5.74) is 6.63. The molecule has 0 bridgehead atoms. The molecule has 2 unspecified atom stereocenters. The van der Waals surface area contributed by atoms with Gasteiger partial charge in [0.15, 0.2) is 12.2 Å². The van der Waals surface area contributed by atoms with Crippen molar-refractivity contribution in [2.45, 2.75) is 62.8 Å². The summed E-state index contributed by atoms with van der Waals surface area (Å²) in [6.45, 7) is 5.54. The predicted octanol–water partition coefficient (Wildman–Crippen LogP) is 10.4. The second-order valence-corrected chi connectivity index (χ2v) is 18.8. The molecule has 4 aromatic carbocycles. The Balaban J connectivity index is 0.865. The van der Waals surface area contributed by atoms with Gasteiger partial charge in [-0.05, 0) is 132 Å². The maximum Gasteiger partial charge on any atom is 0.418 e. The Morgan fingerprint density at radius 3 is 1.28 bits per heavy atom. The molecular formula is C58H58F2N6O6. The zero-order chi connectivity index (χ0) is 49.6. The SMILES string of the molecule is COc1ccc(C(OC(=O)C(=O)OC(c2ccc(OC)nc2)c2ccc3ccn(C4CCN(CCc5ccc(F)cc5)CC4)c3c2)c2ccc3ccn(C4CCN(CCc5ccc(F)cc5)CC4)c3c2)cn1. The molecule has 12 nitrogen and oxygen atoms in total. The molecule has 2 saturated heterocycles. The third-order valence-corrected chi connectivity index (χ3v) is 14.4. The van der Waals surface area contributed by atoms with Crippen LogP contribution in [0.3, 0.4) is 0 Å². The van der Waals surface area contributed by atoms with Crippen LogP contribution >= 0.6 is 0 Å². The number of fused-ring (bicyclic) bond motifs is 2. The Morgan fingerprint density at radius 2 is 0.917 bits per heavy atom. The highest BCUT2D eigenvalue weighted by molar-refractivity contribution is 6.29. The van der Waals surface area contributed by atoms with Crippen LogP contribution in [0.25, 0.3) is 21.8 Å². The van der Waals surface area contributed by atoms with Crippen molar-refractivity contribution in [3.05, 3.63) is 191 Å². The number of aromatic nitrogens is 4. The average Bonchev–Trinajstić information content (AvgIpc) is 4.06. The molecule has 72 heavy (non-hydrogen) atoms. The molecule has 2 aliphatic heterocycles. The molecule has 4 aromatic heterocycles. The molecule has 2 fully saturated rings. The van der Waals surface area contributed by atoms with E-state index in [-0.39, 0.29) is 23.7 Å². The van der Waals surface area contributed by atoms with Crippen molar-refractivity contribution in [2.75, 3.05) is 53.5 Å². The molecule has 10 rings (SSSR count). The summed E-state index contributed by atoms with van der Waals surface area (Å²) in [6.07, 6.45) is 10.9. The zero-order valence-corrected chi connectivity index (χ0v) is 40.5. The standard InChI is InChI=1S/C58H58F2N6O6/c1-69-53-17-11-45(37-61-53)55(43-9-7-41-21-33-65(51(41)35-43)49-23-29-63(30-24-49)27-19-39-3-13-47(59)14-4-39)71-57(67)58(68)72-56(46-12-18-54(70-2)62-38-46)44-10-8-42-22-34-66(52(42)36-44)50-25-31-64(32-26-50)28-20-40-5-15-48(60)16-6-40/h3-18,21-22,33-38,49-50,55-56H,19-20,23-32H2,1-2H3. The molecule has 0 aliphatic carbocycles. The third-order valence-electron chi connectivity index (χ3n) is 14.4. The molecule has 8 aromatic rings. The lowest BCUT2D eigenvalue weighted by atomic mass is 10.0. The summed E-state index contributed by atoms with van der Waals surface area (Å²) in [7, 11) is 3.06. The van der Waals surface area contributed by atoms with Gasteiger partial charge in [-0.15, -0.1) is 0 Å². The molecule has 0 amide bonds. The molecule has 0 N–H and O–H groups in total. The van der Waals surface area contributed by atoms with Gasteiger partial charge >= 0.3 is 11.9 Å². The van der Waals surface area contributed by atoms with Crippen LogP contribution in [0, 0.1) is 11.6 Å². The summed E-state index contributed by atoms with van der Waals surface area (Å²) in [6, 6.07) is 37.0. The van der Waals surface area contributed by atoms with Gasteiger partial charge in [0.25, 0.3) is 0 Å². The van der Waals surface area contributed by atoms with E-state index in [1.54, 1.807) is 36.7 Å². The minimum atomic E-state index is -1.17. The molecule has 6 heterocycles. The van der Waals surface area contributed by atoms with Gasteiger partial charge in [-0.25, -0.2) is 28.3 Å². The fourth-order valence-corrected chi connectivity index (χ4v) is 10.3. The zero-order valence-electron chi connectivity index (χ0n) is 40.5. The number of hydrogen-bond donors (Lipinski definition) is 0. The summed E-state index contributed by atoms with van der Waals surface area (Å²) >= 11 is 0. The lowest BCUT2D eigenvalue weighted by Crippen LogP contribution is -2.35. The van der Waals surface area contributed by atoms with Gasteiger partial charge < -0.3 is 37.9 Å². The molecule has 14 heteroatoms. The van der Waals surface area contributed by atoms with Crippen molar-refractivity contribution < 1.29 is 37.3 Å². The third kappa shape index (κ3) is 11.0. The largest absolute Gasteiger partial charge is 0.481 e. The number of piperidine rings is 2. The topological polar surface area (TPSA) is 113 Å². The van der Waals surface area contributed by atoms with Crippen LogP contribution in [0.4, 0.5) is 8.78 Å². The number of halogens is 2. The highest BCUT2D eigenvalue weighted by Gasteiger charge is 2.31. The van der Waals surface area contributed by atoms with Crippen LogP contribution in [0.1, 0.15) is 83.4 Å². The number of methoxy groups -OCH3 is 2. The number of carbonyl (C=O) groups is 2. The first-order chi connectivity index (χ1) is 35.2. The normalized spacial score (nSPS) is 15.9. The van der Waals surface area contributed by atoms with Gasteiger partial charge in [-0.2, -0.15) is 0 Å². The second kappa shape index (κ2) is 21.9. The van der Waals surface area contributed by atoms with Gasteiger partial charge in [0.2, 0.25) is 11.8 Å². The highest BCUT2D eigenvalue weighted by atomic mass is 19.1. The van der Waals surface area contributed by atoms with E-state index in [2.05, 4.69) is 53.4 Å². The van der Waals surface area contributed by atoms with E-state index >= 15 is 0 Å². The molecular weight excluding hydrogens is 915 g/mol. The van der Waals surface area contributed by atoms with Crippen molar-refractivity contribution in [1.82, 2.24) is 28.9 Å². The number of pyridine rings is 2. The van der Waals surface area contributed by atoms with Gasteiger partial charge in [0.1, 0.15) is 11.6 Å². The van der Waals surface area contributed by atoms with E-state index in [1.165, 1.54) is 38.5 Å². The van der Waals surface area contributed by atoms with Gasteiger partial charge in [0, 0.05) is 110 Å². The highest BCUT2D eigenvalue weighted by Crippen LogP contribution is 2.36. The lowest BCUT2D eigenvalue weighted by molar-refractivity contribution is -0.172. The van der Waals surface area contributed by atoms with Crippen LogP contribution in [0.5, 0.6) is 11.8 Å². The van der Waals surface area contributed by atoms with E-state index in [0.717, 1.165) is 111 Å². The number of likely N-dealkylation sites (tertiary alicyclic amines) is 2. The Kier molecular flexibility index (Phi) is 14.7. The molecule has 2 aliphatic rings. The summed E-state index contributed by atoms with van der Waals surface area (Å²) in [5, 5.41) is 2.08. The van der Waals surface area contributed by atoms with Gasteiger partial charge in [-0.3, -0.25) is 0 Å². The summed E-state index contributed by atoms with van der Waals surface area (Å²) in [4.78, 5) is 42.2. The monoisotopic (exact) mass is 972 g/mol. The number of benzene rings is 4. The quantitative estimate of drug-likeness (QED) is 0.0685. The van der Waals surface area contributed by atoms with Crippen LogP contribution in [-0.4, -0.2) is 94.3 Å². The number of nitrogens with zero attached hydrogens (tertiary/aromatic N) is 6. The first-order valence-electron chi connectivity index (χ1n) is 24.7. The summed E-state index contributed by atoms with van der Waals surface area (Å²) in [5.74, 6) is -2.00. The maximum atomic E-state index is 14.2. The van der Waals surface area contributed by atoms with E-state index in [9.17, 15) is 18.4 Å². The van der Waals surface area contributed by atoms with Crippen molar-refractivity contribution in [2.24, 2.45) is 0 Å². The summed E-state index contributed by atoms with van der Waals surface area (Å²) < 4.78 is 54.6. The van der Waals surface area contributed by atoms with Crippen molar-refractivity contribution >= 4 is 33.7 Å². The van der Waals surface area contributed by atoms with E-state index < -0.39 is 24.1 Å². The van der Waals surface area contributed by atoms with Gasteiger partial charge in [-0.1, -0.05) is 48.5 Å². The van der Waals surface area contributed by atoms with Crippen LogP contribution < -0.4 is 9.47 Å². The average molecular weight is 973 g/mol. The molecule has 0 saturated carbocycles. The van der Waals surface area contributed by atoms with Crippen LogP contribution in [-0.2, 0) is 31.9 Å². The Bertz CT molecular complexity index is 2900. The van der Waals surface area contributed by atoms with Gasteiger partial charge in [0.05, 0.1) is 14.2 Å². The molecule has 370 valence electrons. The lowest BCUT2D eigenvalue weighted by Gasteiger charge is -2.33. The fourth-order valence-electron chi connectivity index (χ4n) is 10.3. The van der Waals surface area contributed by atoms with Crippen molar-refractivity contribution in [3.8, 4) is 11.8 Å². The second-order valence-electron chi connectivity index (χ2n) is 18.8. The molecule has 0 spiro atoms. The van der Waals surface area contributed by atoms with Crippen molar-refractivity contribution in [3.63, 3.8) is 0 Å². The Morgan fingerprint density at radius 1 is 0.528 bits per heavy atom. The maximum absolute atomic E-state index is 14.2. The number of esters is 2. The smallest absolute Gasteiger partial charge is 0.418 e. The minimum absolute atomic E-state index is 0.223. The van der Waals surface area contributed by atoms with E-state index in [4.69, 9.17) is 18.9 Å². The number of hydrogen-bond acceptors (Lipinski definition) is 10. The number of rotatable bonds is 16. The van der Waals surface area contributed by atoms with Crippen LogP contribution in [0.2, 0.25) is 0 Å².